The van der Waals surface area contributed by atoms with Gasteiger partial charge in [0.1, 0.15) is 6.04 Å². The summed E-state index contributed by atoms with van der Waals surface area (Å²) in [4.78, 5) is 24.8. The molecule has 0 saturated heterocycles. The van der Waals surface area contributed by atoms with Gasteiger partial charge < -0.3 is 9.64 Å². The van der Waals surface area contributed by atoms with Gasteiger partial charge >= 0.3 is 5.97 Å². The number of amides is 1. The predicted octanol–water partition coefficient (Wildman–Crippen LogP) is 1.73. The van der Waals surface area contributed by atoms with Crippen LogP contribution in [0.2, 0.25) is 0 Å². The fourth-order valence-corrected chi connectivity index (χ4v) is 2.49. The quantitative estimate of drug-likeness (QED) is 0.690. The van der Waals surface area contributed by atoms with Crippen molar-refractivity contribution in [1.29, 1.82) is 0 Å². The summed E-state index contributed by atoms with van der Waals surface area (Å²) in [5.74, 6) is -0.370. The van der Waals surface area contributed by atoms with Crippen molar-refractivity contribution in [2.75, 3.05) is 7.11 Å². The van der Waals surface area contributed by atoms with Gasteiger partial charge in [-0.3, -0.25) is 4.79 Å². The summed E-state index contributed by atoms with van der Waals surface area (Å²) >= 11 is 0. The first-order valence-corrected chi connectivity index (χ1v) is 5.94. The molecule has 1 rings (SSSR count). The van der Waals surface area contributed by atoms with E-state index in [2.05, 4.69) is 0 Å². The molecule has 4 nitrogen and oxygen atoms in total. The molecule has 1 fully saturated rings. The lowest BCUT2D eigenvalue weighted by Gasteiger charge is -2.36. The highest BCUT2D eigenvalue weighted by Gasteiger charge is 2.31. The molecular weight excluding hydrogens is 206 g/mol. The lowest BCUT2D eigenvalue weighted by Crippen LogP contribution is -2.49. The molecule has 4 heteroatoms. The Morgan fingerprint density at radius 1 is 1.25 bits per heavy atom. The normalized spacial score (nSPS) is 18.9. The Morgan fingerprint density at radius 3 is 2.25 bits per heavy atom. The summed E-state index contributed by atoms with van der Waals surface area (Å²) < 4.78 is 4.70. The van der Waals surface area contributed by atoms with Crippen molar-refractivity contribution in [3.63, 3.8) is 0 Å². The van der Waals surface area contributed by atoms with E-state index in [0.717, 1.165) is 25.7 Å². The second-order valence-corrected chi connectivity index (χ2v) is 4.42. The van der Waals surface area contributed by atoms with Gasteiger partial charge in [-0.05, 0) is 19.8 Å². The molecule has 0 radical (unpaired) electrons. The lowest BCUT2D eigenvalue weighted by molar-refractivity contribution is -0.153. The smallest absolute Gasteiger partial charge is 0.328 e. The lowest BCUT2D eigenvalue weighted by atomic mass is 9.93. The van der Waals surface area contributed by atoms with E-state index in [-0.39, 0.29) is 17.9 Å². The summed E-state index contributed by atoms with van der Waals surface area (Å²) in [5.41, 5.74) is 0. The van der Waals surface area contributed by atoms with Gasteiger partial charge in [-0.1, -0.05) is 19.3 Å². The van der Waals surface area contributed by atoms with Crippen molar-refractivity contribution in [3.8, 4) is 0 Å². The first-order valence-electron chi connectivity index (χ1n) is 5.94. The van der Waals surface area contributed by atoms with Crippen molar-refractivity contribution in [1.82, 2.24) is 4.90 Å². The number of methoxy groups -OCH3 is 1. The van der Waals surface area contributed by atoms with Crippen LogP contribution in [0.5, 0.6) is 0 Å². The molecule has 0 aromatic heterocycles. The Balaban J connectivity index is 2.72. The summed E-state index contributed by atoms with van der Waals surface area (Å²) in [5, 5.41) is 0. The Kier molecular flexibility index (Phi) is 4.77. The molecule has 1 aliphatic rings. The average molecular weight is 227 g/mol. The maximum absolute atomic E-state index is 11.6. The van der Waals surface area contributed by atoms with E-state index in [1.54, 1.807) is 11.8 Å². The maximum Gasteiger partial charge on any atom is 0.328 e. The molecule has 0 aromatic carbocycles. The van der Waals surface area contributed by atoms with Crippen molar-refractivity contribution >= 4 is 11.9 Å². The third kappa shape index (κ3) is 2.97. The van der Waals surface area contributed by atoms with Gasteiger partial charge in [-0.15, -0.1) is 0 Å². The standard InChI is InChI=1S/C12H21NO3/c1-9(12(15)16-3)13(10(2)14)11-7-5-4-6-8-11/h9,11H,4-8H2,1-3H3/t9-/m0/s1. The molecule has 0 spiro atoms. The SMILES string of the molecule is COC(=O)[C@H](C)N(C(C)=O)C1CCCCC1. The van der Waals surface area contributed by atoms with Crippen LogP contribution < -0.4 is 0 Å². The Morgan fingerprint density at radius 2 is 1.81 bits per heavy atom. The first kappa shape index (κ1) is 13.0. The van der Waals surface area contributed by atoms with Crippen LogP contribution in [0.3, 0.4) is 0 Å². The van der Waals surface area contributed by atoms with Crippen molar-refractivity contribution in [2.24, 2.45) is 0 Å². The molecular formula is C12H21NO3. The minimum Gasteiger partial charge on any atom is -0.467 e. The van der Waals surface area contributed by atoms with Crippen LogP contribution in [0.25, 0.3) is 0 Å². The van der Waals surface area contributed by atoms with Crippen molar-refractivity contribution in [3.05, 3.63) is 0 Å². The molecule has 0 heterocycles. The third-order valence-electron chi connectivity index (χ3n) is 3.29. The number of rotatable bonds is 3. The number of hydrogen-bond acceptors (Lipinski definition) is 3. The Labute approximate surface area is 96.9 Å². The maximum atomic E-state index is 11.6. The Bertz CT molecular complexity index is 259. The predicted molar refractivity (Wildman–Crippen MR) is 60.9 cm³/mol. The van der Waals surface area contributed by atoms with Crippen LogP contribution in [0, 0.1) is 0 Å². The van der Waals surface area contributed by atoms with Gasteiger partial charge in [0.05, 0.1) is 7.11 Å². The number of ether oxygens (including phenoxy) is 1. The highest BCUT2D eigenvalue weighted by Crippen LogP contribution is 2.24. The van der Waals surface area contributed by atoms with E-state index in [1.165, 1.54) is 20.5 Å². The van der Waals surface area contributed by atoms with Crippen LogP contribution >= 0.6 is 0 Å². The molecule has 0 aliphatic heterocycles. The van der Waals surface area contributed by atoms with Crippen molar-refractivity contribution in [2.45, 2.75) is 58.0 Å². The monoisotopic (exact) mass is 227 g/mol. The van der Waals surface area contributed by atoms with Crippen LogP contribution in [-0.4, -0.2) is 36.0 Å². The molecule has 1 saturated carbocycles. The van der Waals surface area contributed by atoms with Crippen LogP contribution in [0.15, 0.2) is 0 Å². The van der Waals surface area contributed by atoms with Gasteiger partial charge in [0.25, 0.3) is 0 Å². The van der Waals surface area contributed by atoms with Gasteiger partial charge in [-0.25, -0.2) is 4.79 Å². The zero-order valence-electron chi connectivity index (χ0n) is 10.4. The minimum absolute atomic E-state index is 0.0372. The number of hydrogen-bond donors (Lipinski definition) is 0. The molecule has 1 aliphatic carbocycles. The molecule has 0 bridgehead atoms. The number of nitrogens with zero attached hydrogens (tertiary/aromatic N) is 1. The molecule has 0 unspecified atom stereocenters. The summed E-state index contributed by atoms with van der Waals surface area (Å²) in [6.07, 6.45) is 5.52. The van der Waals surface area contributed by atoms with Gasteiger partial charge in [0, 0.05) is 13.0 Å². The molecule has 16 heavy (non-hydrogen) atoms. The van der Waals surface area contributed by atoms with Crippen molar-refractivity contribution < 1.29 is 14.3 Å². The zero-order chi connectivity index (χ0) is 12.1. The van der Waals surface area contributed by atoms with Gasteiger partial charge in [0.15, 0.2) is 0 Å². The summed E-state index contributed by atoms with van der Waals surface area (Å²) in [6, 6.07) is -0.258. The first-order chi connectivity index (χ1) is 7.57. The van der Waals surface area contributed by atoms with Gasteiger partial charge in [-0.2, -0.15) is 0 Å². The molecule has 1 atom stereocenters. The second-order valence-electron chi connectivity index (χ2n) is 4.42. The van der Waals surface area contributed by atoms with Crippen LogP contribution in [0.4, 0.5) is 0 Å². The molecule has 0 N–H and O–H groups in total. The van der Waals surface area contributed by atoms with Crippen LogP contribution in [-0.2, 0) is 14.3 Å². The highest BCUT2D eigenvalue weighted by atomic mass is 16.5. The van der Waals surface area contributed by atoms with E-state index in [0.29, 0.717) is 0 Å². The second kappa shape index (κ2) is 5.87. The largest absolute Gasteiger partial charge is 0.467 e. The number of esters is 1. The fraction of sp³-hybridized carbons (Fsp3) is 0.833. The summed E-state index contributed by atoms with van der Waals surface area (Å²) in [6.45, 7) is 3.26. The van der Waals surface area contributed by atoms with E-state index in [9.17, 15) is 9.59 Å². The zero-order valence-corrected chi connectivity index (χ0v) is 10.4. The summed E-state index contributed by atoms with van der Waals surface area (Å²) in [7, 11) is 1.36. The van der Waals surface area contributed by atoms with E-state index >= 15 is 0 Å². The van der Waals surface area contributed by atoms with Gasteiger partial charge in [0.2, 0.25) is 5.91 Å². The molecule has 92 valence electrons. The van der Waals surface area contributed by atoms with E-state index < -0.39 is 6.04 Å². The van der Waals surface area contributed by atoms with E-state index in [1.807, 2.05) is 0 Å². The molecule has 0 aromatic rings. The minimum atomic E-state index is -0.467. The third-order valence-corrected chi connectivity index (χ3v) is 3.29. The highest BCUT2D eigenvalue weighted by molar-refractivity contribution is 5.83. The van der Waals surface area contributed by atoms with E-state index in [4.69, 9.17) is 4.74 Å². The van der Waals surface area contributed by atoms with Crippen LogP contribution in [0.1, 0.15) is 46.0 Å². The number of carbonyl (C=O) groups is 2. The fourth-order valence-electron chi connectivity index (χ4n) is 2.49. The Hall–Kier alpha value is -1.06. The number of carbonyl (C=O) groups excluding carboxylic acids is 2. The molecule has 1 amide bonds. The topological polar surface area (TPSA) is 46.6 Å². The average Bonchev–Trinajstić information content (AvgIpc) is 2.29.